The smallest absolute Gasteiger partial charge is 0.118 e. The first-order chi connectivity index (χ1) is 9.28. The summed E-state index contributed by atoms with van der Waals surface area (Å²) in [5.41, 5.74) is 7.39. The van der Waals surface area contributed by atoms with E-state index in [0.29, 0.717) is 5.92 Å². The van der Waals surface area contributed by atoms with Crippen molar-refractivity contribution < 1.29 is 4.74 Å². The molecule has 1 heterocycles. The molecule has 106 valence electrons. The molecule has 1 aromatic carbocycles. The molecule has 1 aromatic rings. The lowest BCUT2D eigenvalue weighted by Gasteiger charge is -2.35. The molecule has 1 aliphatic rings. The Hall–Kier alpha value is -1.06. The van der Waals surface area contributed by atoms with Gasteiger partial charge in [-0.3, -0.25) is 0 Å². The Kier molecular flexibility index (Phi) is 5.23. The van der Waals surface area contributed by atoms with Crippen LogP contribution in [0.1, 0.15) is 31.2 Å². The molecular formula is C16H26N2O. The molecule has 1 fully saturated rings. The minimum absolute atomic E-state index is 0.491. The van der Waals surface area contributed by atoms with Crippen molar-refractivity contribution in [2.45, 2.75) is 25.7 Å². The topological polar surface area (TPSA) is 38.5 Å². The number of piperidine rings is 1. The minimum Gasteiger partial charge on any atom is -0.497 e. The zero-order chi connectivity index (χ0) is 13.7. The molecule has 19 heavy (non-hydrogen) atoms. The summed E-state index contributed by atoms with van der Waals surface area (Å²) in [4.78, 5) is 2.53. The summed E-state index contributed by atoms with van der Waals surface area (Å²) in [6, 6.07) is 8.42. The largest absolute Gasteiger partial charge is 0.497 e. The second-order valence-electron chi connectivity index (χ2n) is 5.39. The maximum Gasteiger partial charge on any atom is 0.118 e. The van der Waals surface area contributed by atoms with E-state index in [1.165, 1.54) is 38.0 Å². The molecule has 2 rings (SSSR count). The third kappa shape index (κ3) is 3.48. The number of nitrogens with two attached hydrogens (primary N) is 1. The highest BCUT2D eigenvalue weighted by Gasteiger charge is 2.26. The van der Waals surface area contributed by atoms with Gasteiger partial charge in [-0.2, -0.15) is 0 Å². The lowest BCUT2D eigenvalue weighted by molar-refractivity contribution is 0.176. The number of hydrogen-bond donors (Lipinski definition) is 1. The molecule has 0 aliphatic carbocycles. The van der Waals surface area contributed by atoms with Crippen LogP contribution in [0.15, 0.2) is 24.3 Å². The van der Waals surface area contributed by atoms with E-state index in [4.69, 9.17) is 10.5 Å². The number of likely N-dealkylation sites (tertiary alicyclic amines) is 1. The molecule has 2 N–H and O–H groups in total. The van der Waals surface area contributed by atoms with E-state index in [1.54, 1.807) is 7.11 Å². The van der Waals surface area contributed by atoms with Crippen molar-refractivity contribution in [2.24, 2.45) is 11.7 Å². The van der Waals surface area contributed by atoms with Crippen LogP contribution in [0.25, 0.3) is 0 Å². The van der Waals surface area contributed by atoms with Crippen molar-refractivity contribution in [3.63, 3.8) is 0 Å². The summed E-state index contributed by atoms with van der Waals surface area (Å²) < 4.78 is 5.22. The molecule has 0 spiro atoms. The van der Waals surface area contributed by atoms with Gasteiger partial charge in [0.1, 0.15) is 5.75 Å². The predicted molar refractivity (Wildman–Crippen MR) is 79.6 cm³/mol. The van der Waals surface area contributed by atoms with Crippen molar-refractivity contribution in [3.05, 3.63) is 29.8 Å². The number of nitrogens with zero attached hydrogens (tertiary/aromatic N) is 1. The fourth-order valence-electron chi connectivity index (χ4n) is 3.12. The Morgan fingerprint density at radius 1 is 1.26 bits per heavy atom. The molecule has 3 heteroatoms. The summed E-state index contributed by atoms with van der Waals surface area (Å²) in [5, 5.41) is 0. The summed E-state index contributed by atoms with van der Waals surface area (Å²) in [5.74, 6) is 2.13. The van der Waals surface area contributed by atoms with Gasteiger partial charge in [-0.25, -0.2) is 0 Å². The maximum absolute atomic E-state index is 6.03. The van der Waals surface area contributed by atoms with Gasteiger partial charge >= 0.3 is 0 Å². The van der Waals surface area contributed by atoms with Crippen molar-refractivity contribution >= 4 is 0 Å². The Labute approximate surface area is 116 Å². The molecule has 0 radical (unpaired) electrons. The highest BCUT2D eigenvalue weighted by Crippen LogP contribution is 2.32. The van der Waals surface area contributed by atoms with Gasteiger partial charge in [0.25, 0.3) is 0 Å². The third-order valence-corrected chi connectivity index (χ3v) is 4.45. The number of benzene rings is 1. The van der Waals surface area contributed by atoms with Crippen LogP contribution in [0.2, 0.25) is 0 Å². The first-order valence-electron chi connectivity index (χ1n) is 7.34. The second kappa shape index (κ2) is 6.92. The van der Waals surface area contributed by atoms with E-state index in [2.05, 4.69) is 24.0 Å². The normalized spacial score (nSPS) is 19.3. The highest BCUT2D eigenvalue weighted by atomic mass is 16.5. The van der Waals surface area contributed by atoms with Gasteiger partial charge in [-0.1, -0.05) is 19.1 Å². The lowest BCUT2D eigenvalue weighted by atomic mass is 9.80. The Balaban J connectivity index is 2.03. The number of hydrogen-bond acceptors (Lipinski definition) is 3. The van der Waals surface area contributed by atoms with Crippen molar-refractivity contribution in [1.82, 2.24) is 4.90 Å². The average molecular weight is 262 g/mol. The standard InChI is InChI=1S/C16H26N2O/c1-3-18-10-8-14(9-11-18)16(12-17)13-4-6-15(19-2)7-5-13/h4-7,14,16H,3,8-12,17H2,1-2H3. The van der Waals surface area contributed by atoms with Gasteiger partial charge in [0.05, 0.1) is 7.11 Å². The van der Waals surface area contributed by atoms with Crippen LogP contribution in [0.4, 0.5) is 0 Å². The molecule has 0 aromatic heterocycles. The predicted octanol–water partition coefficient (Wildman–Crippen LogP) is 2.47. The van der Waals surface area contributed by atoms with Gasteiger partial charge in [-0.05, 0) is 68.6 Å². The summed E-state index contributed by atoms with van der Waals surface area (Å²) in [7, 11) is 1.70. The number of methoxy groups -OCH3 is 1. The van der Waals surface area contributed by atoms with Gasteiger partial charge < -0.3 is 15.4 Å². The molecule has 0 bridgehead atoms. The van der Waals surface area contributed by atoms with E-state index < -0.39 is 0 Å². The summed E-state index contributed by atoms with van der Waals surface area (Å²) in [6.07, 6.45) is 2.53. The molecular weight excluding hydrogens is 236 g/mol. The van der Waals surface area contributed by atoms with Crippen molar-refractivity contribution in [3.8, 4) is 5.75 Å². The van der Waals surface area contributed by atoms with Gasteiger partial charge in [0, 0.05) is 0 Å². The summed E-state index contributed by atoms with van der Waals surface area (Å²) >= 11 is 0. The minimum atomic E-state index is 0.491. The van der Waals surface area contributed by atoms with E-state index in [1.807, 2.05) is 12.1 Å². The molecule has 0 amide bonds. The second-order valence-corrected chi connectivity index (χ2v) is 5.39. The SMILES string of the molecule is CCN1CCC(C(CN)c2ccc(OC)cc2)CC1. The monoisotopic (exact) mass is 262 g/mol. The number of rotatable bonds is 5. The van der Waals surface area contributed by atoms with E-state index in [0.717, 1.165) is 18.2 Å². The summed E-state index contributed by atoms with van der Waals surface area (Å²) in [6.45, 7) is 6.58. The van der Waals surface area contributed by atoms with E-state index in [9.17, 15) is 0 Å². The molecule has 1 aliphatic heterocycles. The average Bonchev–Trinajstić information content (AvgIpc) is 2.49. The van der Waals surface area contributed by atoms with Crippen LogP contribution < -0.4 is 10.5 Å². The van der Waals surface area contributed by atoms with Gasteiger partial charge in [0.2, 0.25) is 0 Å². The van der Waals surface area contributed by atoms with E-state index >= 15 is 0 Å². The Morgan fingerprint density at radius 2 is 1.89 bits per heavy atom. The van der Waals surface area contributed by atoms with Crippen LogP contribution in [0, 0.1) is 5.92 Å². The highest BCUT2D eigenvalue weighted by molar-refractivity contribution is 5.30. The van der Waals surface area contributed by atoms with Gasteiger partial charge in [-0.15, -0.1) is 0 Å². The van der Waals surface area contributed by atoms with Crippen molar-refractivity contribution in [2.75, 3.05) is 33.3 Å². The van der Waals surface area contributed by atoms with Crippen LogP contribution in [-0.2, 0) is 0 Å². The van der Waals surface area contributed by atoms with Gasteiger partial charge in [0.15, 0.2) is 0 Å². The fraction of sp³-hybridized carbons (Fsp3) is 0.625. The molecule has 1 atom stereocenters. The molecule has 1 saturated heterocycles. The Bertz CT molecular complexity index is 369. The van der Waals surface area contributed by atoms with E-state index in [-0.39, 0.29) is 0 Å². The number of ether oxygens (including phenoxy) is 1. The van der Waals surface area contributed by atoms with Crippen LogP contribution in [0.3, 0.4) is 0 Å². The lowest BCUT2D eigenvalue weighted by Crippen LogP contribution is -2.36. The molecule has 0 saturated carbocycles. The zero-order valence-electron chi connectivity index (χ0n) is 12.1. The van der Waals surface area contributed by atoms with Crippen LogP contribution >= 0.6 is 0 Å². The molecule has 1 unspecified atom stereocenters. The maximum atomic E-state index is 6.03. The third-order valence-electron chi connectivity index (χ3n) is 4.45. The first kappa shape index (κ1) is 14.4. The fourth-order valence-corrected chi connectivity index (χ4v) is 3.12. The van der Waals surface area contributed by atoms with Crippen LogP contribution in [-0.4, -0.2) is 38.2 Å². The Morgan fingerprint density at radius 3 is 2.37 bits per heavy atom. The molecule has 3 nitrogen and oxygen atoms in total. The first-order valence-corrected chi connectivity index (χ1v) is 7.34. The quantitative estimate of drug-likeness (QED) is 0.886. The van der Waals surface area contributed by atoms with Crippen LogP contribution in [0.5, 0.6) is 5.75 Å². The zero-order valence-corrected chi connectivity index (χ0v) is 12.1. The van der Waals surface area contributed by atoms with Crippen molar-refractivity contribution in [1.29, 1.82) is 0 Å².